The summed E-state index contributed by atoms with van der Waals surface area (Å²) in [4.78, 5) is 11.2. The minimum atomic E-state index is -0.920. The number of hydrogen-bond donors (Lipinski definition) is 2. The van der Waals surface area contributed by atoms with Gasteiger partial charge in [-0.3, -0.25) is 0 Å². The summed E-state index contributed by atoms with van der Waals surface area (Å²) in [5.41, 5.74) is 6.18. The van der Waals surface area contributed by atoms with Crippen LogP contribution in [0.25, 0.3) is 11.3 Å². The Morgan fingerprint density at radius 3 is 2.55 bits per heavy atom. The number of carbonyl (C=O) groups is 1. The molecule has 3 N–H and O–H groups in total. The highest BCUT2D eigenvalue weighted by Gasteiger charge is 2.34. The molecule has 0 aliphatic carbocycles. The molecule has 0 aliphatic heterocycles. The van der Waals surface area contributed by atoms with Crippen molar-refractivity contribution in [2.75, 3.05) is 0 Å². The molecule has 1 unspecified atom stereocenters. The third-order valence-electron chi connectivity index (χ3n) is 3.44. The van der Waals surface area contributed by atoms with Crippen molar-refractivity contribution in [1.82, 2.24) is 0 Å². The fourth-order valence-electron chi connectivity index (χ4n) is 2.21. The van der Waals surface area contributed by atoms with Crippen molar-refractivity contribution in [2.24, 2.45) is 11.1 Å². The lowest BCUT2D eigenvalue weighted by atomic mass is 9.83. The smallest absolute Gasteiger partial charge is 0.405 e. The van der Waals surface area contributed by atoms with E-state index in [1.807, 2.05) is 45.0 Å². The molecule has 22 heavy (non-hydrogen) atoms. The van der Waals surface area contributed by atoms with Crippen LogP contribution in [0.5, 0.6) is 0 Å². The molecule has 1 amide bonds. The zero-order valence-electron chi connectivity index (χ0n) is 12.9. The van der Waals surface area contributed by atoms with Crippen molar-refractivity contribution in [3.8, 4) is 11.3 Å². The zero-order valence-corrected chi connectivity index (χ0v) is 12.9. The molecule has 0 spiro atoms. The van der Waals surface area contributed by atoms with Crippen molar-refractivity contribution < 1.29 is 19.1 Å². The maximum absolute atomic E-state index is 11.2. The van der Waals surface area contributed by atoms with Gasteiger partial charge in [-0.05, 0) is 29.2 Å². The highest BCUT2D eigenvalue weighted by Crippen LogP contribution is 2.34. The molecule has 5 nitrogen and oxygen atoms in total. The lowest BCUT2D eigenvalue weighted by molar-refractivity contribution is -0.0508. The molecular formula is C17H21NO4. The number of nitrogens with two attached hydrogens (primary N) is 1. The molecule has 0 aliphatic rings. The van der Waals surface area contributed by atoms with Crippen molar-refractivity contribution in [3.05, 3.63) is 48.2 Å². The topological polar surface area (TPSA) is 85.7 Å². The summed E-state index contributed by atoms with van der Waals surface area (Å²) in [6.45, 7) is 5.60. The molecule has 0 saturated heterocycles. The number of rotatable bonds is 4. The van der Waals surface area contributed by atoms with E-state index in [1.165, 1.54) is 0 Å². The monoisotopic (exact) mass is 303 g/mol. The number of primary amides is 1. The van der Waals surface area contributed by atoms with Crippen molar-refractivity contribution in [2.45, 2.75) is 33.0 Å². The molecular weight excluding hydrogens is 282 g/mol. The van der Waals surface area contributed by atoms with E-state index in [1.54, 1.807) is 18.4 Å². The maximum atomic E-state index is 11.2. The number of hydrogen-bond acceptors (Lipinski definition) is 4. The van der Waals surface area contributed by atoms with Crippen LogP contribution in [0.1, 0.15) is 32.4 Å². The number of benzene rings is 1. The standard InChI is InChI=1S/C17H21NO4/c1-17(2,3)15(19)14(22-16(18)20)12-7-4-6-11(10-12)13-8-5-9-21-13/h4-10,14-15,19H,1-3H3,(H2,18,20)/t14-,15?/m0/s1. The number of aliphatic hydroxyl groups is 1. The third-order valence-corrected chi connectivity index (χ3v) is 3.44. The first-order chi connectivity index (χ1) is 10.3. The second-order valence-electron chi connectivity index (χ2n) is 6.27. The van der Waals surface area contributed by atoms with Crippen LogP contribution in [0, 0.1) is 5.41 Å². The van der Waals surface area contributed by atoms with Gasteiger partial charge in [-0.1, -0.05) is 39.0 Å². The SMILES string of the molecule is CC(C)(C)C(O)[C@@H](OC(N)=O)c1cccc(-c2ccco2)c1. The van der Waals surface area contributed by atoms with Gasteiger partial charge in [0.1, 0.15) is 11.9 Å². The highest BCUT2D eigenvalue weighted by molar-refractivity contribution is 5.65. The van der Waals surface area contributed by atoms with E-state index in [9.17, 15) is 9.90 Å². The van der Waals surface area contributed by atoms with Crippen LogP contribution in [0.4, 0.5) is 4.79 Å². The molecule has 1 aromatic heterocycles. The Morgan fingerprint density at radius 1 is 1.27 bits per heavy atom. The molecule has 2 aromatic rings. The van der Waals surface area contributed by atoms with Crippen LogP contribution in [-0.2, 0) is 4.74 Å². The second kappa shape index (κ2) is 6.23. The van der Waals surface area contributed by atoms with Gasteiger partial charge in [0.05, 0.1) is 6.26 Å². The Hall–Kier alpha value is -2.27. The van der Waals surface area contributed by atoms with E-state index in [4.69, 9.17) is 14.9 Å². The first-order valence-corrected chi connectivity index (χ1v) is 7.07. The van der Waals surface area contributed by atoms with E-state index in [-0.39, 0.29) is 0 Å². The Labute approximate surface area is 129 Å². The third kappa shape index (κ3) is 3.68. The number of carbonyl (C=O) groups excluding carboxylic acids is 1. The predicted octanol–water partition coefficient (Wildman–Crippen LogP) is 3.49. The first kappa shape index (κ1) is 16.1. The molecule has 0 fully saturated rings. The molecule has 5 heteroatoms. The molecule has 1 heterocycles. The van der Waals surface area contributed by atoms with Crippen LogP contribution in [-0.4, -0.2) is 17.3 Å². The van der Waals surface area contributed by atoms with Gasteiger partial charge in [-0.15, -0.1) is 0 Å². The molecule has 0 bridgehead atoms. The van der Waals surface area contributed by atoms with E-state index in [0.717, 1.165) is 5.56 Å². The lowest BCUT2D eigenvalue weighted by Crippen LogP contribution is -2.36. The summed E-state index contributed by atoms with van der Waals surface area (Å²) in [5.74, 6) is 0.699. The van der Waals surface area contributed by atoms with Gasteiger partial charge in [0.15, 0.2) is 6.10 Å². The average Bonchev–Trinajstić information content (AvgIpc) is 2.97. The number of amides is 1. The highest BCUT2D eigenvalue weighted by atomic mass is 16.6. The van der Waals surface area contributed by atoms with Gasteiger partial charge in [0, 0.05) is 5.56 Å². The fourth-order valence-corrected chi connectivity index (χ4v) is 2.21. The summed E-state index contributed by atoms with van der Waals surface area (Å²) >= 11 is 0. The van der Waals surface area contributed by atoms with Gasteiger partial charge in [-0.25, -0.2) is 4.79 Å². The van der Waals surface area contributed by atoms with Gasteiger partial charge < -0.3 is 20.0 Å². The van der Waals surface area contributed by atoms with Crippen LogP contribution in [0.2, 0.25) is 0 Å². The average molecular weight is 303 g/mol. The lowest BCUT2D eigenvalue weighted by Gasteiger charge is -2.32. The Balaban J connectivity index is 2.39. The summed E-state index contributed by atoms with van der Waals surface area (Å²) in [6, 6.07) is 10.9. The largest absolute Gasteiger partial charge is 0.464 e. The number of ether oxygens (including phenoxy) is 1. The number of furan rings is 1. The number of aliphatic hydroxyl groups excluding tert-OH is 1. The summed E-state index contributed by atoms with van der Waals surface area (Å²) in [6.07, 6.45) is -1.07. The summed E-state index contributed by atoms with van der Waals surface area (Å²) in [5, 5.41) is 10.5. The van der Waals surface area contributed by atoms with E-state index in [2.05, 4.69) is 0 Å². The van der Waals surface area contributed by atoms with Crippen molar-refractivity contribution in [3.63, 3.8) is 0 Å². The van der Waals surface area contributed by atoms with Gasteiger partial charge in [-0.2, -0.15) is 0 Å². The zero-order chi connectivity index (χ0) is 16.3. The van der Waals surface area contributed by atoms with Crippen molar-refractivity contribution >= 4 is 6.09 Å². The molecule has 2 atom stereocenters. The minimum Gasteiger partial charge on any atom is -0.464 e. The normalized spacial score (nSPS) is 14.4. The van der Waals surface area contributed by atoms with Gasteiger partial charge in [0.25, 0.3) is 0 Å². The molecule has 0 radical (unpaired) electrons. The van der Waals surface area contributed by atoms with Gasteiger partial charge in [0.2, 0.25) is 0 Å². The van der Waals surface area contributed by atoms with Crippen LogP contribution in [0.3, 0.4) is 0 Å². The molecule has 0 saturated carbocycles. The molecule has 118 valence electrons. The quantitative estimate of drug-likeness (QED) is 0.905. The molecule has 1 aromatic carbocycles. The second-order valence-corrected chi connectivity index (χ2v) is 6.27. The van der Waals surface area contributed by atoms with E-state index >= 15 is 0 Å². The minimum absolute atomic E-state index is 0.471. The van der Waals surface area contributed by atoms with E-state index in [0.29, 0.717) is 11.3 Å². The Kier molecular flexibility index (Phi) is 4.56. The van der Waals surface area contributed by atoms with Crippen molar-refractivity contribution in [1.29, 1.82) is 0 Å². The maximum Gasteiger partial charge on any atom is 0.405 e. The first-order valence-electron chi connectivity index (χ1n) is 7.07. The van der Waals surface area contributed by atoms with E-state index < -0.39 is 23.7 Å². The Bertz CT molecular complexity index is 628. The van der Waals surface area contributed by atoms with Gasteiger partial charge >= 0.3 is 6.09 Å². The van der Waals surface area contributed by atoms with Crippen LogP contribution < -0.4 is 5.73 Å². The molecule has 2 rings (SSSR count). The van der Waals surface area contributed by atoms with Crippen LogP contribution in [0.15, 0.2) is 47.1 Å². The summed E-state index contributed by atoms with van der Waals surface area (Å²) < 4.78 is 10.5. The Morgan fingerprint density at radius 2 is 2.00 bits per heavy atom. The summed E-state index contributed by atoms with van der Waals surface area (Å²) in [7, 11) is 0. The van der Waals surface area contributed by atoms with Crippen LogP contribution >= 0.6 is 0 Å². The predicted molar refractivity (Wildman–Crippen MR) is 83.0 cm³/mol. The fraction of sp³-hybridized carbons (Fsp3) is 0.353.